The van der Waals surface area contributed by atoms with E-state index in [-0.39, 0.29) is 23.8 Å². The molecule has 29 heavy (non-hydrogen) atoms. The number of aromatic amines is 1. The first kappa shape index (κ1) is 22.4. The number of carbonyl (C=O) groups is 1. The second kappa shape index (κ2) is 10.1. The van der Waals surface area contributed by atoms with Gasteiger partial charge in [-0.25, -0.2) is 4.79 Å². The molecule has 9 nitrogen and oxygen atoms in total. The number of aryl methyl sites for hydroxylation is 2. The minimum atomic E-state index is -0.637. The molecule has 0 bridgehead atoms. The van der Waals surface area contributed by atoms with E-state index < -0.39 is 11.2 Å². The fraction of sp³-hybridized carbons (Fsp3) is 0.600. The smallest absolute Gasteiger partial charge is 0.330 e. The van der Waals surface area contributed by atoms with E-state index in [9.17, 15) is 14.4 Å². The van der Waals surface area contributed by atoms with Gasteiger partial charge in [-0.15, -0.1) is 0 Å². The molecule has 1 amide bonds. The van der Waals surface area contributed by atoms with Crippen LogP contribution in [0.15, 0.2) is 14.1 Å². The highest BCUT2D eigenvalue weighted by Crippen LogP contribution is 2.21. The summed E-state index contributed by atoms with van der Waals surface area (Å²) in [6, 6.07) is 0. The van der Waals surface area contributed by atoms with E-state index in [1.54, 1.807) is 6.92 Å². The first-order valence-corrected chi connectivity index (χ1v) is 10.2. The van der Waals surface area contributed by atoms with E-state index in [0.29, 0.717) is 31.7 Å². The van der Waals surface area contributed by atoms with E-state index in [2.05, 4.69) is 10.1 Å². The SMILES string of the molecule is CCCCN(C(=O)CCc1c(C)noc1C)c1c(N)n(CCCC)c(=O)[nH]c1=O. The lowest BCUT2D eigenvalue weighted by Crippen LogP contribution is -2.41. The number of hydrogen-bond acceptors (Lipinski definition) is 6. The minimum absolute atomic E-state index is 0.0361. The number of nitrogens with two attached hydrogens (primary N) is 1. The van der Waals surface area contributed by atoms with Crippen LogP contribution in [-0.2, 0) is 17.8 Å². The molecule has 2 heterocycles. The van der Waals surface area contributed by atoms with Crippen molar-refractivity contribution in [3.8, 4) is 0 Å². The van der Waals surface area contributed by atoms with Crippen molar-refractivity contribution in [3.05, 3.63) is 37.9 Å². The molecule has 0 saturated heterocycles. The van der Waals surface area contributed by atoms with Crippen molar-refractivity contribution in [1.82, 2.24) is 14.7 Å². The number of nitrogens with one attached hydrogen (secondary N) is 1. The lowest BCUT2D eigenvalue weighted by molar-refractivity contribution is -0.118. The molecule has 2 aromatic rings. The van der Waals surface area contributed by atoms with Crippen LogP contribution in [0.3, 0.4) is 0 Å². The Morgan fingerprint density at radius 3 is 2.48 bits per heavy atom. The van der Waals surface area contributed by atoms with Crippen LogP contribution in [0.25, 0.3) is 0 Å². The molecule has 0 aliphatic rings. The third-order valence-corrected chi connectivity index (χ3v) is 5.03. The fourth-order valence-corrected chi connectivity index (χ4v) is 3.28. The van der Waals surface area contributed by atoms with Crippen LogP contribution >= 0.6 is 0 Å². The third kappa shape index (κ3) is 5.16. The Labute approximate surface area is 169 Å². The predicted octanol–water partition coefficient (Wildman–Crippen LogP) is 2.29. The average molecular weight is 405 g/mol. The second-order valence-corrected chi connectivity index (χ2v) is 7.20. The summed E-state index contributed by atoms with van der Waals surface area (Å²) in [5, 5.41) is 3.91. The summed E-state index contributed by atoms with van der Waals surface area (Å²) in [6.45, 7) is 8.39. The molecule has 0 spiro atoms. The highest BCUT2D eigenvalue weighted by Gasteiger charge is 2.24. The zero-order valence-corrected chi connectivity index (χ0v) is 17.7. The predicted molar refractivity (Wildman–Crippen MR) is 112 cm³/mol. The maximum absolute atomic E-state index is 13.1. The summed E-state index contributed by atoms with van der Waals surface area (Å²) in [4.78, 5) is 41.5. The van der Waals surface area contributed by atoms with Crippen LogP contribution in [-0.4, -0.2) is 27.2 Å². The number of carbonyl (C=O) groups excluding carboxylic acids is 1. The van der Waals surface area contributed by atoms with Crippen molar-refractivity contribution < 1.29 is 9.32 Å². The van der Waals surface area contributed by atoms with Crippen molar-refractivity contribution in [1.29, 1.82) is 0 Å². The van der Waals surface area contributed by atoms with Gasteiger partial charge < -0.3 is 15.2 Å². The van der Waals surface area contributed by atoms with Gasteiger partial charge >= 0.3 is 5.69 Å². The number of rotatable bonds is 10. The minimum Gasteiger partial charge on any atom is -0.383 e. The van der Waals surface area contributed by atoms with Gasteiger partial charge in [0.15, 0.2) is 5.69 Å². The highest BCUT2D eigenvalue weighted by atomic mass is 16.5. The topological polar surface area (TPSA) is 127 Å². The van der Waals surface area contributed by atoms with Gasteiger partial charge in [0.2, 0.25) is 5.91 Å². The summed E-state index contributed by atoms with van der Waals surface area (Å²) in [6.07, 6.45) is 3.81. The fourth-order valence-electron chi connectivity index (χ4n) is 3.28. The molecular formula is C20H31N5O4. The summed E-state index contributed by atoms with van der Waals surface area (Å²) in [5.41, 5.74) is 6.71. The van der Waals surface area contributed by atoms with E-state index >= 15 is 0 Å². The third-order valence-electron chi connectivity index (χ3n) is 5.03. The van der Waals surface area contributed by atoms with Crippen LogP contribution in [0.2, 0.25) is 0 Å². The average Bonchev–Trinajstić information content (AvgIpc) is 2.99. The van der Waals surface area contributed by atoms with Crippen molar-refractivity contribution in [2.24, 2.45) is 0 Å². The van der Waals surface area contributed by atoms with Crippen molar-refractivity contribution >= 4 is 17.4 Å². The number of nitrogens with zero attached hydrogens (tertiary/aromatic N) is 3. The number of H-pyrrole nitrogens is 1. The number of anilines is 2. The molecule has 3 N–H and O–H groups in total. The molecule has 2 aromatic heterocycles. The molecule has 9 heteroatoms. The first-order valence-electron chi connectivity index (χ1n) is 10.2. The largest absolute Gasteiger partial charge is 0.383 e. The van der Waals surface area contributed by atoms with Crippen LogP contribution in [0.5, 0.6) is 0 Å². The maximum atomic E-state index is 13.1. The molecule has 0 saturated carbocycles. The molecule has 160 valence electrons. The Balaban J connectivity index is 2.37. The summed E-state index contributed by atoms with van der Waals surface area (Å²) >= 11 is 0. The van der Waals surface area contributed by atoms with E-state index in [4.69, 9.17) is 10.3 Å². The van der Waals surface area contributed by atoms with Gasteiger partial charge in [0.05, 0.1) is 5.69 Å². The normalized spacial score (nSPS) is 11.0. The molecule has 0 unspecified atom stereocenters. The Morgan fingerprint density at radius 1 is 1.21 bits per heavy atom. The number of hydrogen-bond donors (Lipinski definition) is 2. The Morgan fingerprint density at radius 2 is 1.90 bits per heavy atom. The van der Waals surface area contributed by atoms with Gasteiger partial charge in [0, 0.05) is 25.1 Å². The highest BCUT2D eigenvalue weighted by molar-refractivity contribution is 5.95. The standard InChI is InChI=1S/C20H31N5O4/c1-5-7-11-24(16(26)10-9-15-13(3)23-29-14(15)4)17-18(21)25(12-8-6-2)20(28)22-19(17)27/h5-12,21H2,1-4H3,(H,22,27,28). The summed E-state index contributed by atoms with van der Waals surface area (Å²) < 4.78 is 6.49. The van der Waals surface area contributed by atoms with E-state index in [0.717, 1.165) is 30.5 Å². The molecule has 0 atom stereocenters. The van der Waals surface area contributed by atoms with Crippen LogP contribution in [0.1, 0.15) is 63.0 Å². The lowest BCUT2D eigenvalue weighted by atomic mass is 10.1. The zero-order valence-electron chi connectivity index (χ0n) is 17.7. The molecule has 2 rings (SSSR count). The van der Waals surface area contributed by atoms with E-state index in [1.807, 2.05) is 20.8 Å². The van der Waals surface area contributed by atoms with Crippen molar-refractivity contribution in [3.63, 3.8) is 0 Å². The summed E-state index contributed by atoms with van der Waals surface area (Å²) in [7, 11) is 0. The molecule has 0 aromatic carbocycles. The Hall–Kier alpha value is -2.84. The van der Waals surface area contributed by atoms with Crippen LogP contribution < -0.4 is 21.9 Å². The monoisotopic (exact) mass is 405 g/mol. The quantitative estimate of drug-likeness (QED) is 0.624. The number of nitrogen functional groups attached to an aromatic ring is 1. The van der Waals surface area contributed by atoms with Gasteiger partial charge in [-0.05, 0) is 33.1 Å². The van der Waals surface area contributed by atoms with Gasteiger partial charge in [-0.3, -0.25) is 19.1 Å². The van der Waals surface area contributed by atoms with Crippen LogP contribution in [0.4, 0.5) is 11.5 Å². The van der Waals surface area contributed by atoms with Gasteiger partial charge in [0.1, 0.15) is 11.6 Å². The van der Waals surface area contributed by atoms with Gasteiger partial charge in [-0.2, -0.15) is 0 Å². The van der Waals surface area contributed by atoms with Gasteiger partial charge in [0.25, 0.3) is 5.56 Å². The first-order chi connectivity index (χ1) is 13.8. The lowest BCUT2D eigenvalue weighted by Gasteiger charge is -2.24. The Bertz CT molecular complexity index is 937. The maximum Gasteiger partial charge on any atom is 0.330 e. The molecular weight excluding hydrogens is 374 g/mol. The second-order valence-electron chi connectivity index (χ2n) is 7.20. The molecule has 0 aliphatic carbocycles. The van der Waals surface area contributed by atoms with Crippen molar-refractivity contribution in [2.75, 3.05) is 17.2 Å². The molecule has 0 aliphatic heterocycles. The molecule has 0 radical (unpaired) electrons. The van der Waals surface area contributed by atoms with Gasteiger partial charge in [-0.1, -0.05) is 31.8 Å². The number of aromatic nitrogens is 3. The van der Waals surface area contributed by atoms with E-state index in [1.165, 1.54) is 9.47 Å². The molecule has 0 fully saturated rings. The summed E-state index contributed by atoms with van der Waals surface area (Å²) in [5.74, 6) is 0.492. The van der Waals surface area contributed by atoms with Crippen LogP contribution in [0, 0.1) is 13.8 Å². The Kier molecular flexibility index (Phi) is 7.81. The van der Waals surface area contributed by atoms with Crippen molar-refractivity contribution in [2.45, 2.75) is 72.8 Å². The number of amides is 1. The number of unbranched alkanes of at least 4 members (excludes halogenated alkanes) is 2. The zero-order chi connectivity index (χ0) is 21.6.